The highest BCUT2D eigenvalue weighted by Crippen LogP contribution is 2.24. The number of rotatable bonds is 9. The fourth-order valence-corrected chi connectivity index (χ4v) is 2.46. The number of carbonyl (C=O) groups is 1. The van der Waals surface area contributed by atoms with E-state index < -0.39 is 36.2 Å². The number of ether oxygens (including phenoxy) is 1. The molecule has 0 unspecified atom stereocenters. The minimum Gasteiger partial charge on any atom is -0.464 e. The van der Waals surface area contributed by atoms with Crippen molar-refractivity contribution in [1.29, 1.82) is 0 Å². The number of aromatic nitrogens is 4. The Labute approximate surface area is 155 Å². The van der Waals surface area contributed by atoms with Crippen LogP contribution >= 0.6 is 0 Å². The molecule has 7 N–H and O–H groups in total. The zero-order valence-electron chi connectivity index (χ0n) is 15.4. The predicted octanol–water partition coefficient (Wildman–Crippen LogP) is -1.41. The molecule has 0 aliphatic carbocycles. The highest BCUT2D eigenvalue weighted by atomic mass is 16.5. The number of carbonyl (C=O) groups excluding carboxylic acids is 1. The predicted molar refractivity (Wildman–Crippen MR) is 97.6 cm³/mol. The molecule has 0 radical (unpaired) electrons. The second-order valence-electron chi connectivity index (χ2n) is 7.01. The number of aliphatic hydroxyl groups excluding tert-OH is 2. The number of imidazole rings is 1. The summed E-state index contributed by atoms with van der Waals surface area (Å²) < 4.78 is 6.79. The molecule has 2 rings (SSSR count). The third-order valence-electron chi connectivity index (χ3n) is 4.56. The Hall–Kier alpha value is -2.50. The van der Waals surface area contributed by atoms with Crippen molar-refractivity contribution in [3.8, 4) is 0 Å². The standard InChI is InChI=1S/C16H26N6O5/c1-9(2)10(17)14(26)27-7-16(5-23,6-24)3-4-22-8-19-11-12(22)20-15(18)21-13(11)25/h8-10,23-24H,3-7,17H2,1-2H3,(H3,18,20,21,25)/t10-/m0/s1. The average Bonchev–Trinajstić information content (AvgIpc) is 3.04. The number of nitrogens with zero attached hydrogens (tertiary/aromatic N) is 3. The van der Waals surface area contributed by atoms with E-state index in [0.29, 0.717) is 5.65 Å². The Balaban J connectivity index is 2.12. The van der Waals surface area contributed by atoms with Gasteiger partial charge in [-0.2, -0.15) is 4.98 Å². The van der Waals surface area contributed by atoms with Crippen molar-refractivity contribution in [3.63, 3.8) is 0 Å². The molecule has 0 aliphatic heterocycles. The van der Waals surface area contributed by atoms with E-state index in [-0.39, 0.29) is 37.0 Å². The third kappa shape index (κ3) is 4.62. The van der Waals surface area contributed by atoms with Gasteiger partial charge in [-0.3, -0.25) is 14.6 Å². The number of anilines is 1. The quantitative estimate of drug-likeness (QED) is 0.325. The monoisotopic (exact) mass is 382 g/mol. The van der Waals surface area contributed by atoms with Crippen LogP contribution in [0.15, 0.2) is 11.1 Å². The average molecular weight is 382 g/mol. The molecule has 150 valence electrons. The minimum absolute atomic E-state index is 0.0403. The topological polar surface area (TPSA) is 182 Å². The molecule has 2 aromatic rings. The number of fused-ring (bicyclic) bond motifs is 1. The summed E-state index contributed by atoms with van der Waals surface area (Å²) in [5.41, 5.74) is 10.2. The third-order valence-corrected chi connectivity index (χ3v) is 4.56. The number of nitrogen functional groups attached to an aromatic ring is 1. The molecule has 1 atom stereocenters. The van der Waals surface area contributed by atoms with Crippen LogP contribution in [0.4, 0.5) is 5.95 Å². The number of aromatic amines is 1. The molecule has 2 heterocycles. The second-order valence-corrected chi connectivity index (χ2v) is 7.01. The van der Waals surface area contributed by atoms with E-state index in [1.54, 1.807) is 18.4 Å². The summed E-state index contributed by atoms with van der Waals surface area (Å²) in [6.07, 6.45) is 1.66. The zero-order chi connectivity index (χ0) is 20.2. The summed E-state index contributed by atoms with van der Waals surface area (Å²) in [5, 5.41) is 19.5. The molecule has 0 bridgehead atoms. The van der Waals surface area contributed by atoms with E-state index in [1.807, 2.05) is 0 Å². The lowest BCUT2D eigenvalue weighted by atomic mass is 9.87. The van der Waals surface area contributed by atoms with Crippen LogP contribution in [-0.4, -0.2) is 61.6 Å². The van der Waals surface area contributed by atoms with Crippen LogP contribution in [0.25, 0.3) is 11.2 Å². The Kier molecular flexibility index (Phi) is 6.52. The summed E-state index contributed by atoms with van der Waals surface area (Å²) in [6, 6.07) is -0.781. The summed E-state index contributed by atoms with van der Waals surface area (Å²) in [6.45, 7) is 2.85. The van der Waals surface area contributed by atoms with E-state index in [9.17, 15) is 19.8 Å². The van der Waals surface area contributed by atoms with E-state index in [1.165, 1.54) is 6.33 Å². The lowest BCUT2D eigenvalue weighted by Gasteiger charge is -2.30. The number of nitrogens with two attached hydrogens (primary N) is 2. The van der Waals surface area contributed by atoms with Gasteiger partial charge < -0.3 is 31.0 Å². The molecule has 27 heavy (non-hydrogen) atoms. The summed E-state index contributed by atoms with van der Waals surface area (Å²) >= 11 is 0. The first-order valence-corrected chi connectivity index (χ1v) is 8.57. The van der Waals surface area contributed by atoms with Crippen molar-refractivity contribution in [1.82, 2.24) is 19.5 Å². The Bertz CT molecular complexity index is 841. The maximum absolute atomic E-state index is 12.0. The first-order chi connectivity index (χ1) is 12.7. The number of hydrogen-bond acceptors (Lipinski definition) is 9. The van der Waals surface area contributed by atoms with Gasteiger partial charge >= 0.3 is 5.97 Å². The normalized spacial score (nSPS) is 13.3. The van der Waals surface area contributed by atoms with Gasteiger partial charge in [0.2, 0.25) is 5.95 Å². The fraction of sp³-hybridized carbons (Fsp3) is 0.625. The van der Waals surface area contributed by atoms with Gasteiger partial charge in [0.15, 0.2) is 11.2 Å². The Morgan fingerprint density at radius 2 is 2.07 bits per heavy atom. The van der Waals surface area contributed by atoms with Gasteiger partial charge in [0.05, 0.1) is 25.0 Å². The van der Waals surface area contributed by atoms with Crippen LogP contribution in [0.1, 0.15) is 20.3 Å². The maximum Gasteiger partial charge on any atom is 0.323 e. The lowest BCUT2D eigenvalue weighted by Crippen LogP contribution is -2.42. The van der Waals surface area contributed by atoms with Crippen molar-refractivity contribution >= 4 is 23.1 Å². The molecule has 0 saturated heterocycles. The van der Waals surface area contributed by atoms with Crippen LogP contribution in [0.3, 0.4) is 0 Å². The smallest absolute Gasteiger partial charge is 0.323 e. The van der Waals surface area contributed by atoms with E-state index in [2.05, 4.69) is 15.0 Å². The van der Waals surface area contributed by atoms with Crippen molar-refractivity contribution in [2.45, 2.75) is 32.9 Å². The summed E-state index contributed by atoms with van der Waals surface area (Å²) in [4.78, 5) is 34.2. The maximum atomic E-state index is 12.0. The van der Waals surface area contributed by atoms with Crippen molar-refractivity contribution in [2.24, 2.45) is 17.1 Å². The van der Waals surface area contributed by atoms with Gasteiger partial charge in [-0.15, -0.1) is 0 Å². The molecule has 0 aromatic carbocycles. The van der Waals surface area contributed by atoms with Gasteiger partial charge in [0.1, 0.15) is 12.6 Å². The Morgan fingerprint density at radius 1 is 1.41 bits per heavy atom. The highest BCUT2D eigenvalue weighted by molar-refractivity contribution is 5.75. The molecule has 11 heteroatoms. The first-order valence-electron chi connectivity index (χ1n) is 8.57. The number of aryl methyl sites for hydroxylation is 1. The minimum atomic E-state index is -1.07. The second kappa shape index (κ2) is 8.46. The Morgan fingerprint density at radius 3 is 2.67 bits per heavy atom. The molecule has 0 fully saturated rings. The van der Waals surface area contributed by atoms with Crippen LogP contribution in [-0.2, 0) is 16.1 Å². The molecule has 0 amide bonds. The molecule has 0 spiro atoms. The van der Waals surface area contributed by atoms with Crippen molar-refractivity contribution in [3.05, 3.63) is 16.7 Å². The van der Waals surface area contributed by atoms with Gasteiger partial charge in [-0.1, -0.05) is 13.8 Å². The van der Waals surface area contributed by atoms with Gasteiger partial charge in [0.25, 0.3) is 5.56 Å². The SMILES string of the molecule is CC(C)[C@H](N)C(=O)OCC(CO)(CO)CCn1cnc2c(=O)[nH]c(N)nc21. The largest absolute Gasteiger partial charge is 0.464 e. The van der Waals surface area contributed by atoms with E-state index in [4.69, 9.17) is 16.2 Å². The number of aliphatic hydroxyl groups is 2. The molecule has 11 nitrogen and oxygen atoms in total. The van der Waals surface area contributed by atoms with Gasteiger partial charge in [-0.05, 0) is 12.3 Å². The van der Waals surface area contributed by atoms with Crippen molar-refractivity contribution in [2.75, 3.05) is 25.6 Å². The molecule has 0 aliphatic rings. The molecular weight excluding hydrogens is 356 g/mol. The summed E-state index contributed by atoms with van der Waals surface area (Å²) in [7, 11) is 0. The molecule has 0 saturated carbocycles. The van der Waals surface area contributed by atoms with E-state index in [0.717, 1.165) is 0 Å². The lowest BCUT2D eigenvalue weighted by molar-refractivity contribution is -0.152. The van der Waals surface area contributed by atoms with Crippen LogP contribution in [0.5, 0.6) is 0 Å². The fourth-order valence-electron chi connectivity index (χ4n) is 2.46. The van der Waals surface area contributed by atoms with Crippen LogP contribution in [0.2, 0.25) is 0 Å². The van der Waals surface area contributed by atoms with Crippen LogP contribution in [0, 0.1) is 11.3 Å². The first kappa shape index (κ1) is 20.8. The van der Waals surface area contributed by atoms with Crippen molar-refractivity contribution < 1.29 is 19.7 Å². The zero-order valence-corrected chi connectivity index (χ0v) is 15.4. The molecule has 2 aromatic heterocycles. The van der Waals surface area contributed by atoms with Gasteiger partial charge in [0, 0.05) is 6.54 Å². The van der Waals surface area contributed by atoms with Crippen LogP contribution < -0.4 is 17.0 Å². The number of nitrogens with one attached hydrogen (secondary N) is 1. The number of esters is 1. The van der Waals surface area contributed by atoms with Gasteiger partial charge in [-0.25, -0.2) is 4.98 Å². The number of H-pyrrole nitrogens is 1. The van der Waals surface area contributed by atoms with E-state index >= 15 is 0 Å². The highest BCUT2D eigenvalue weighted by Gasteiger charge is 2.32. The summed E-state index contributed by atoms with van der Waals surface area (Å²) in [5.74, 6) is -0.728. The molecular formula is C16H26N6O5. The number of hydrogen-bond donors (Lipinski definition) is 5.